The number of halogens is 1. The van der Waals surface area contributed by atoms with E-state index in [0.29, 0.717) is 6.54 Å². The molecular formula is C15H16FN3O2S. The Morgan fingerprint density at radius 2 is 2.00 bits per heavy atom. The lowest BCUT2D eigenvalue weighted by atomic mass is 10.0. The number of hydrogen-bond acceptors (Lipinski definition) is 3. The molecule has 116 valence electrons. The average Bonchev–Trinajstić information content (AvgIpc) is 2.98. The number of carbonyl (C=O) groups excluding carboxylic acids is 2. The summed E-state index contributed by atoms with van der Waals surface area (Å²) in [6.45, 7) is 0.400. The quantitative estimate of drug-likeness (QED) is 0.763. The topological polar surface area (TPSA) is 84.2 Å². The van der Waals surface area contributed by atoms with Crippen LogP contribution in [-0.4, -0.2) is 11.9 Å². The summed E-state index contributed by atoms with van der Waals surface area (Å²) in [5.74, 6) is -0.789. The number of carbonyl (C=O) groups is 2. The molecule has 0 spiro atoms. The van der Waals surface area contributed by atoms with Crippen molar-refractivity contribution in [3.8, 4) is 0 Å². The van der Waals surface area contributed by atoms with Crippen molar-refractivity contribution < 1.29 is 14.0 Å². The van der Waals surface area contributed by atoms with E-state index in [4.69, 9.17) is 5.73 Å². The van der Waals surface area contributed by atoms with Crippen molar-refractivity contribution in [2.45, 2.75) is 19.0 Å². The van der Waals surface area contributed by atoms with Gasteiger partial charge in [0, 0.05) is 10.4 Å². The van der Waals surface area contributed by atoms with E-state index >= 15 is 0 Å². The van der Waals surface area contributed by atoms with Crippen molar-refractivity contribution in [2.75, 3.05) is 0 Å². The Morgan fingerprint density at radius 1 is 1.23 bits per heavy atom. The highest BCUT2D eigenvalue weighted by molar-refractivity contribution is 7.09. The maximum Gasteiger partial charge on any atom is 0.312 e. The van der Waals surface area contributed by atoms with Gasteiger partial charge >= 0.3 is 6.03 Å². The molecule has 2 aromatic rings. The molecule has 1 heterocycles. The van der Waals surface area contributed by atoms with E-state index in [1.165, 1.54) is 29.5 Å². The van der Waals surface area contributed by atoms with Gasteiger partial charge in [-0.3, -0.25) is 4.79 Å². The van der Waals surface area contributed by atoms with E-state index in [9.17, 15) is 14.0 Å². The van der Waals surface area contributed by atoms with Crippen molar-refractivity contribution in [3.63, 3.8) is 0 Å². The summed E-state index contributed by atoms with van der Waals surface area (Å²) in [6, 6.07) is 8.15. The molecule has 3 amide bonds. The fourth-order valence-electron chi connectivity index (χ4n) is 2.02. The van der Waals surface area contributed by atoms with Gasteiger partial charge in [0.25, 0.3) is 0 Å². The molecule has 1 aromatic carbocycles. The van der Waals surface area contributed by atoms with Crippen LogP contribution < -0.4 is 16.4 Å². The number of urea groups is 1. The summed E-state index contributed by atoms with van der Waals surface area (Å²) in [5.41, 5.74) is 5.33. The van der Waals surface area contributed by atoms with E-state index in [0.717, 1.165) is 4.88 Å². The van der Waals surface area contributed by atoms with E-state index in [1.54, 1.807) is 6.07 Å². The Hall–Kier alpha value is -2.41. The molecule has 4 N–H and O–H groups in total. The molecule has 22 heavy (non-hydrogen) atoms. The third-order valence-electron chi connectivity index (χ3n) is 3.03. The SMILES string of the molecule is NC(=O)N[C@H](CC(=O)NCc1cccs1)c1ccccc1F. The number of primary amides is 1. The van der Waals surface area contributed by atoms with Crippen molar-refractivity contribution in [3.05, 3.63) is 58.0 Å². The van der Waals surface area contributed by atoms with E-state index in [-0.39, 0.29) is 17.9 Å². The number of hydrogen-bond donors (Lipinski definition) is 3. The summed E-state index contributed by atoms with van der Waals surface area (Å²) in [6.07, 6.45) is -0.0880. The van der Waals surface area contributed by atoms with E-state index in [2.05, 4.69) is 10.6 Å². The molecule has 0 bridgehead atoms. The van der Waals surface area contributed by atoms with Gasteiger partial charge < -0.3 is 16.4 Å². The second-order valence-electron chi connectivity index (χ2n) is 4.64. The zero-order valence-corrected chi connectivity index (χ0v) is 12.5. The van der Waals surface area contributed by atoms with Gasteiger partial charge in [0.2, 0.25) is 5.91 Å². The van der Waals surface area contributed by atoms with Gasteiger partial charge in [0.1, 0.15) is 5.82 Å². The number of benzene rings is 1. The Bertz CT molecular complexity index is 646. The largest absolute Gasteiger partial charge is 0.352 e. The fourth-order valence-corrected chi connectivity index (χ4v) is 2.67. The Kier molecular flexibility index (Phi) is 5.48. The summed E-state index contributed by atoms with van der Waals surface area (Å²) in [4.78, 5) is 24.1. The lowest BCUT2D eigenvalue weighted by Gasteiger charge is -2.18. The minimum absolute atomic E-state index is 0.0880. The number of nitrogens with one attached hydrogen (secondary N) is 2. The van der Waals surface area contributed by atoms with Crippen molar-refractivity contribution in [2.24, 2.45) is 5.73 Å². The van der Waals surface area contributed by atoms with Crippen LogP contribution in [0.15, 0.2) is 41.8 Å². The smallest absolute Gasteiger partial charge is 0.312 e. The summed E-state index contributed by atoms with van der Waals surface area (Å²) >= 11 is 1.53. The standard InChI is InChI=1S/C15H16FN3O2S/c16-12-6-2-1-5-11(12)13(19-15(17)21)8-14(20)18-9-10-4-3-7-22-10/h1-7,13H,8-9H2,(H,18,20)(H3,17,19,21)/t13-/m1/s1. The Balaban J connectivity index is 2.01. The number of rotatable bonds is 6. The van der Waals surface area contributed by atoms with Gasteiger partial charge in [0.05, 0.1) is 19.0 Å². The maximum atomic E-state index is 13.8. The van der Waals surface area contributed by atoms with Gasteiger partial charge in [-0.2, -0.15) is 0 Å². The zero-order valence-electron chi connectivity index (χ0n) is 11.7. The van der Waals surface area contributed by atoms with Crippen molar-refractivity contribution in [1.29, 1.82) is 0 Å². The third kappa shape index (κ3) is 4.56. The van der Waals surface area contributed by atoms with Gasteiger partial charge in [-0.15, -0.1) is 11.3 Å². The molecule has 0 aliphatic rings. The zero-order chi connectivity index (χ0) is 15.9. The van der Waals surface area contributed by atoms with Gasteiger partial charge in [0.15, 0.2) is 0 Å². The molecular weight excluding hydrogens is 305 g/mol. The molecule has 0 aliphatic carbocycles. The van der Waals surface area contributed by atoms with Gasteiger partial charge in [-0.25, -0.2) is 9.18 Å². The van der Waals surface area contributed by atoms with Crippen LogP contribution >= 0.6 is 11.3 Å². The first-order chi connectivity index (χ1) is 10.6. The van der Waals surface area contributed by atoms with Crippen molar-refractivity contribution >= 4 is 23.3 Å². The monoisotopic (exact) mass is 321 g/mol. The average molecular weight is 321 g/mol. The van der Waals surface area contributed by atoms with E-state index < -0.39 is 17.9 Å². The minimum Gasteiger partial charge on any atom is -0.352 e. The first-order valence-corrected chi connectivity index (χ1v) is 7.53. The third-order valence-corrected chi connectivity index (χ3v) is 3.90. The minimum atomic E-state index is -0.806. The van der Waals surface area contributed by atoms with Crippen molar-refractivity contribution in [1.82, 2.24) is 10.6 Å². The predicted octanol–water partition coefficient (Wildman–Crippen LogP) is 2.30. The molecule has 0 fully saturated rings. The molecule has 0 unspecified atom stereocenters. The van der Waals surface area contributed by atoms with Crippen LogP contribution in [0.1, 0.15) is 22.9 Å². The van der Waals surface area contributed by atoms with Gasteiger partial charge in [-0.1, -0.05) is 24.3 Å². The van der Waals surface area contributed by atoms with Crippen LogP contribution in [-0.2, 0) is 11.3 Å². The molecule has 0 saturated heterocycles. The molecule has 0 saturated carbocycles. The van der Waals surface area contributed by atoms with Crippen LogP contribution in [0, 0.1) is 5.82 Å². The first-order valence-electron chi connectivity index (χ1n) is 6.65. The molecule has 5 nitrogen and oxygen atoms in total. The van der Waals surface area contributed by atoms with Crippen LogP contribution in [0.5, 0.6) is 0 Å². The molecule has 1 atom stereocenters. The number of thiophene rings is 1. The summed E-state index contributed by atoms with van der Waals surface area (Å²) in [7, 11) is 0. The number of nitrogens with two attached hydrogens (primary N) is 1. The first kappa shape index (κ1) is 16.0. The van der Waals surface area contributed by atoms with Crippen LogP contribution in [0.25, 0.3) is 0 Å². The Labute approximate surface area is 131 Å². The lowest BCUT2D eigenvalue weighted by Crippen LogP contribution is -2.36. The highest BCUT2D eigenvalue weighted by Gasteiger charge is 2.20. The molecule has 7 heteroatoms. The molecule has 0 aliphatic heterocycles. The maximum absolute atomic E-state index is 13.8. The van der Waals surface area contributed by atoms with Crippen LogP contribution in [0.3, 0.4) is 0 Å². The lowest BCUT2D eigenvalue weighted by molar-refractivity contribution is -0.121. The highest BCUT2D eigenvalue weighted by atomic mass is 32.1. The predicted molar refractivity (Wildman–Crippen MR) is 82.6 cm³/mol. The normalized spacial score (nSPS) is 11.7. The van der Waals surface area contributed by atoms with Gasteiger partial charge in [-0.05, 0) is 17.5 Å². The number of amides is 3. The highest BCUT2D eigenvalue weighted by Crippen LogP contribution is 2.20. The Morgan fingerprint density at radius 3 is 2.64 bits per heavy atom. The van der Waals surface area contributed by atoms with Crippen LogP contribution in [0.2, 0.25) is 0 Å². The summed E-state index contributed by atoms with van der Waals surface area (Å²) < 4.78 is 13.8. The second-order valence-corrected chi connectivity index (χ2v) is 5.68. The molecule has 2 rings (SSSR count). The fraction of sp³-hybridized carbons (Fsp3) is 0.200. The second kappa shape index (κ2) is 7.56. The molecule has 0 radical (unpaired) electrons. The molecule has 1 aromatic heterocycles. The summed E-state index contributed by atoms with van der Waals surface area (Å²) in [5, 5.41) is 7.05. The van der Waals surface area contributed by atoms with Crippen LogP contribution in [0.4, 0.5) is 9.18 Å². The van der Waals surface area contributed by atoms with E-state index in [1.807, 2.05) is 17.5 Å².